The van der Waals surface area contributed by atoms with Crippen molar-refractivity contribution in [2.45, 2.75) is 44.2 Å². The van der Waals surface area contributed by atoms with Crippen molar-refractivity contribution in [1.82, 2.24) is 0 Å². The molecule has 0 bridgehead atoms. The second kappa shape index (κ2) is 3.03. The van der Waals surface area contributed by atoms with Crippen molar-refractivity contribution in [3.63, 3.8) is 0 Å². The zero-order valence-corrected chi connectivity index (χ0v) is 9.73. The van der Waals surface area contributed by atoms with E-state index in [1.807, 2.05) is 0 Å². The van der Waals surface area contributed by atoms with E-state index in [1.54, 1.807) is 20.8 Å². The molecule has 0 aliphatic carbocycles. The van der Waals surface area contributed by atoms with Gasteiger partial charge in [-0.2, -0.15) is 0 Å². The minimum atomic E-state index is -4.03. The van der Waals surface area contributed by atoms with Gasteiger partial charge in [0.15, 0.2) is 0 Å². The largest absolute Gasteiger partial charge is 0.472 e. The van der Waals surface area contributed by atoms with E-state index in [-0.39, 0.29) is 6.61 Å². The molecule has 6 nitrogen and oxygen atoms in total. The molecule has 0 spiro atoms. The maximum absolute atomic E-state index is 11.2. The molecule has 7 heteroatoms. The number of aliphatic hydroxyl groups excluding tert-OH is 1. The highest BCUT2D eigenvalue weighted by Crippen LogP contribution is 2.56. The minimum absolute atomic E-state index is 0.0636. The Kier molecular flexibility index (Phi) is 2.33. The van der Waals surface area contributed by atoms with Crippen molar-refractivity contribution in [2.75, 3.05) is 6.61 Å². The SMILES string of the molecule is CC1(C)OC2(C)COP(=O)(O)OC2C1O. The van der Waals surface area contributed by atoms with Crippen LogP contribution in [0.5, 0.6) is 0 Å². The lowest BCUT2D eigenvalue weighted by atomic mass is 9.93. The average Bonchev–Trinajstić information content (AvgIpc) is 2.23. The molecule has 2 N–H and O–H groups in total. The van der Waals surface area contributed by atoms with Gasteiger partial charge in [0.25, 0.3) is 0 Å². The third kappa shape index (κ3) is 1.75. The molecule has 2 aliphatic heterocycles. The number of phosphoric acid groups is 1. The number of ether oxygens (including phenoxy) is 1. The minimum Gasteiger partial charge on any atom is -0.387 e. The van der Waals surface area contributed by atoms with Gasteiger partial charge in [-0.1, -0.05) is 0 Å². The van der Waals surface area contributed by atoms with E-state index in [1.165, 1.54) is 0 Å². The summed E-state index contributed by atoms with van der Waals surface area (Å²) in [6, 6.07) is 0. The molecule has 0 aromatic carbocycles. The van der Waals surface area contributed by atoms with E-state index in [9.17, 15) is 9.67 Å². The third-order valence-electron chi connectivity index (χ3n) is 2.86. The van der Waals surface area contributed by atoms with Crippen molar-refractivity contribution in [3.05, 3.63) is 0 Å². The Labute approximate surface area is 87.8 Å². The molecule has 2 heterocycles. The molecule has 0 radical (unpaired) electrons. The van der Waals surface area contributed by atoms with Gasteiger partial charge in [-0.05, 0) is 20.8 Å². The van der Waals surface area contributed by atoms with Crippen LogP contribution in [0.3, 0.4) is 0 Å². The zero-order chi connectivity index (χ0) is 11.5. The molecule has 15 heavy (non-hydrogen) atoms. The number of phosphoric ester groups is 1. The van der Waals surface area contributed by atoms with Crippen LogP contribution >= 0.6 is 7.82 Å². The maximum Gasteiger partial charge on any atom is 0.472 e. The summed E-state index contributed by atoms with van der Waals surface area (Å²) in [5, 5.41) is 9.91. The van der Waals surface area contributed by atoms with Crippen LogP contribution < -0.4 is 0 Å². The fraction of sp³-hybridized carbons (Fsp3) is 1.00. The lowest BCUT2D eigenvalue weighted by Gasteiger charge is -2.36. The Hall–Kier alpha value is 0.0300. The predicted molar refractivity (Wildman–Crippen MR) is 50.2 cm³/mol. The number of hydrogen-bond donors (Lipinski definition) is 2. The zero-order valence-electron chi connectivity index (χ0n) is 8.84. The number of aliphatic hydroxyl groups is 1. The van der Waals surface area contributed by atoms with Gasteiger partial charge in [0.2, 0.25) is 0 Å². The van der Waals surface area contributed by atoms with Gasteiger partial charge in [0, 0.05) is 0 Å². The average molecular weight is 238 g/mol. The quantitative estimate of drug-likeness (QED) is 0.595. The fourth-order valence-electron chi connectivity index (χ4n) is 2.08. The molecule has 2 rings (SSSR count). The molecule has 0 aromatic heterocycles. The van der Waals surface area contributed by atoms with Crippen LogP contribution in [-0.4, -0.2) is 40.0 Å². The van der Waals surface area contributed by atoms with Crippen molar-refractivity contribution in [1.29, 1.82) is 0 Å². The monoisotopic (exact) mass is 238 g/mol. The number of hydrogen-bond acceptors (Lipinski definition) is 5. The van der Waals surface area contributed by atoms with Crippen LogP contribution in [0.15, 0.2) is 0 Å². The standard InChI is InChI=1S/C8H15O6P/c1-7(2)5(9)6-8(3,14-7)4-12-15(10,11)13-6/h5-6,9H,4H2,1-3H3,(H,10,11). The number of rotatable bonds is 0. The molecule has 88 valence electrons. The normalized spacial score (nSPS) is 53.9. The van der Waals surface area contributed by atoms with Gasteiger partial charge < -0.3 is 14.7 Å². The predicted octanol–water partition coefficient (Wildman–Crippen LogP) is 0.431. The molecule has 4 atom stereocenters. The van der Waals surface area contributed by atoms with Gasteiger partial charge in [-0.3, -0.25) is 9.05 Å². The maximum atomic E-state index is 11.2. The van der Waals surface area contributed by atoms with Crippen LogP contribution in [0.4, 0.5) is 0 Å². The van der Waals surface area contributed by atoms with E-state index in [2.05, 4.69) is 4.52 Å². The van der Waals surface area contributed by atoms with Crippen LogP contribution in [0.25, 0.3) is 0 Å². The molecule has 2 aliphatic rings. The summed E-state index contributed by atoms with van der Waals surface area (Å²) in [7, 11) is -4.03. The van der Waals surface area contributed by atoms with Gasteiger partial charge >= 0.3 is 7.82 Å². The summed E-state index contributed by atoms with van der Waals surface area (Å²) in [5.74, 6) is 0. The van der Waals surface area contributed by atoms with E-state index in [4.69, 9.17) is 14.2 Å². The molecule has 4 unspecified atom stereocenters. The van der Waals surface area contributed by atoms with Crippen LogP contribution in [0.2, 0.25) is 0 Å². The number of fused-ring (bicyclic) bond motifs is 1. The van der Waals surface area contributed by atoms with Gasteiger partial charge in [-0.25, -0.2) is 4.57 Å². The molecule has 2 fully saturated rings. The summed E-state index contributed by atoms with van der Waals surface area (Å²) < 4.78 is 26.4. The second-order valence-corrected chi connectivity index (χ2v) is 6.14. The van der Waals surface area contributed by atoms with E-state index in [0.29, 0.717) is 0 Å². The Morgan fingerprint density at radius 2 is 2.00 bits per heavy atom. The van der Waals surface area contributed by atoms with Crippen molar-refractivity contribution < 1.29 is 28.3 Å². The first-order valence-corrected chi connectivity index (χ1v) is 6.20. The summed E-state index contributed by atoms with van der Waals surface area (Å²) in [6.45, 7) is 5.03. The van der Waals surface area contributed by atoms with Gasteiger partial charge in [-0.15, -0.1) is 0 Å². The topological polar surface area (TPSA) is 85.2 Å². The summed E-state index contributed by atoms with van der Waals surface area (Å²) >= 11 is 0. The highest BCUT2D eigenvalue weighted by atomic mass is 31.2. The first-order chi connectivity index (χ1) is 6.66. The van der Waals surface area contributed by atoms with Crippen LogP contribution in [0.1, 0.15) is 20.8 Å². The van der Waals surface area contributed by atoms with Crippen LogP contribution in [-0.2, 0) is 18.3 Å². The Morgan fingerprint density at radius 3 is 2.60 bits per heavy atom. The first kappa shape index (κ1) is 11.5. The molecular weight excluding hydrogens is 223 g/mol. The Bertz CT molecular complexity index is 329. The van der Waals surface area contributed by atoms with Crippen molar-refractivity contribution >= 4 is 7.82 Å². The van der Waals surface area contributed by atoms with E-state index >= 15 is 0 Å². The first-order valence-electron chi connectivity index (χ1n) is 4.70. The molecule has 0 amide bonds. The van der Waals surface area contributed by atoms with Gasteiger partial charge in [0.1, 0.15) is 17.8 Å². The Morgan fingerprint density at radius 1 is 1.40 bits per heavy atom. The van der Waals surface area contributed by atoms with Crippen LogP contribution in [0, 0.1) is 0 Å². The molecule has 0 aromatic rings. The molecule has 2 saturated heterocycles. The summed E-state index contributed by atoms with van der Waals surface area (Å²) in [5.41, 5.74) is -1.69. The van der Waals surface area contributed by atoms with E-state index in [0.717, 1.165) is 0 Å². The van der Waals surface area contributed by atoms with Crippen molar-refractivity contribution in [2.24, 2.45) is 0 Å². The van der Waals surface area contributed by atoms with E-state index < -0.39 is 31.2 Å². The molecular formula is C8H15O6P. The van der Waals surface area contributed by atoms with Gasteiger partial charge in [0.05, 0.1) is 12.2 Å². The molecule has 0 saturated carbocycles. The fourth-order valence-corrected chi connectivity index (χ4v) is 3.19. The highest BCUT2D eigenvalue weighted by molar-refractivity contribution is 7.47. The summed E-state index contributed by atoms with van der Waals surface area (Å²) in [6.07, 6.45) is -1.79. The lowest BCUT2D eigenvalue weighted by Crippen LogP contribution is -2.48. The lowest BCUT2D eigenvalue weighted by molar-refractivity contribution is -0.140. The smallest absolute Gasteiger partial charge is 0.387 e. The third-order valence-corrected chi connectivity index (χ3v) is 3.81. The highest BCUT2D eigenvalue weighted by Gasteiger charge is 2.61. The summed E-state index contributed by atoms with van der Waals surface area (Å²) in [4.78, 5) is 9.17. The second-order valence-electron chi connectivity index (χ2n) is 4.73. The van der Waals surface area contributed by atoms with Crippen molar-refractivity contribution in [3.8, 4) is 0 Å². The Balaban J connectivity index is 2.31.